The minimum absolute atomic E-state index is 0.0447. The summed E-state index contributed by atoms with van der Waals surface area (Å²) in [7, 11) is 0. The van der Waals surface area contributed by atoms with Crippen LogP contribution >= 0.6 is 0 Å². The van der Waals surface area contributed by atoms with Crippen molar-refractivity contribution in [1.82, 2.24) is 0 Å². The minimum atomic E-state index is -0.437. The number of rotatable bonds is 3. The average molecular weight is 331 g/mol. The zero-order valence-electron chi connectivity index (χ0n) is 13.9. The lowest BCUT2D eigenvalue weighted by atomic mass is 9.94. The molecule has 1 spiro atoms. The highest BCUT2D eigenvalue weighted by Crippen LogP contribution is 2.47. The molecule has 1 saturated heterocycles. The second kappa shape index (κ2) is 6.47. The number of benzene rings is 1. The summed E-state index contributed by atoms with van der Waals surface area (Å²) in [6.45, 7) is 0.335. The highest BCUT2D eigenvalue weighted by atomic mass is 16.8. The Hall–Kier alpha value is -1.43. The number of fused-ring (bicyclic) bond motifs is 1. The van der Waals surface area contributed by atoms with Crippen LogP contribution in [0.25, 0.3) is 0 Å². The Kier molecular flexibility index (Phi) is 4.33. The first-order valence-electron chi connectivity index (χ1n) is 9.00. The molecule has 3 aliphatic rings. The topological polar surface area (TPSA) is 70.8 Å². The third-order valence-corrected chi connectivity index (χ3v) is 5.54. The van der Waals surface area contributed by atoms with Crippen molar-refractivity contribution in [1.29, 1.82) is 0 Å². The Morgan fingerprint density at radius 1 is 1.12 bits per heavy atom. The molecule has 130 valence electrons. The van der Waals surface area contributed by atoms with Gasteiger partial charge in [-0.3, -0.25) is 0 Å². The van der Waals surface area contributed by atoms with Crippen LogP contribution in [-0.4, -0.2) is 36.6 Å². The summed E-state index contributed by atoms with van der Waals surface area (Å²) in [5, 5.41) is 0. The van der Waals surface area contributed by atoms with Gasteiger partial charge in [-0.2, -0.15) is 0 Å². The molecule has 1 aromatic rings. The van der Waals surface area contributed by atoms with E-state index in [1.54, 1.807) is 12.1 Å². The number of ether oxygens (including phenoxy) is 3. The lowest BCUT2D eigenvalue weighted by Crippen LogP contribution is -2.38. The number of esters is 1. The molecular formula is C19H25NO4. The molecule has 4 atom stereocenters. The van der Waals surface area contributed by atoms with Crippen LogP contribution in [0.3, 0.4) is 0 Å². The number of nitrogens with two attached hydrogens (primary N) is 1. The quantitative estimate of drug-likeness (QED) is 0.862. The maximum absolute atomic E-state index is 12.1. The van der Waals surface area contributed by atoms with Crippen molar-refractivity contribution in [2.24, 2.45) is 11.7 Å². The zero-order valence-corrected chi connectivity index (χ0v) is 13.9. The normalized spacial score (nSPS) is 34.2. The van der Waals surface area contributed by atoms with Crippen molar-refractivity contribution in [3.8, 4) is 0 Å². The fourth-order valence-corrected chi connectivity index (χ4v) is 4.30. The number of hydrogen-bond donors (Lipinski definition) is 1. The zero-order chi connectivity index (χ0) is 16.6. The Morgan fingerprint density at radius 3 is 2.58 bits per heavy atom. The molecule has 5 nitrogen and oxygen atoms in total. The van der Waals surface area contributed by atoms with Crippen molar-refractivity contribution in [2.75, 3.05) is 6.61 Å². The molecule has 24 heavy (non-hydrogen) atoms. The molecule has 2 saturated carbocycles. The second-order valence-electron chi connectivity index (χ2n) is 7.26. The first-order valence-corrected chi connectivity index (χ1v) is 9.00. The van der Waals surface area contributed by atoms with Gasteiger partial charge < -0.3 is 19.9 Å². The van der Waals surface area contributed by atoms with Crippen LogP contribution in [0, 0.1) is 5.92 Å². The monoisotopic (exact) mass is 331 g/mol. The van der Waals surface area contributed by atoms with E-state index in [1.807, 2.05) is 18.2 Å². The first kappa shape index (κ1) is 16.1. The van der Waals surface area contributed by atoms with E-state index >= 15 is 0 Å². The van der Waals surface area contributed by atoms with Crippen molar-refractivity contribution in [3.63, 3.8) is 0 Å². The third kappa shape index (κ3) is 2.96. The largest absolute Gasteiger partial charge is 0.462 e. The fourth-order valence-electron chi connectivity index (χ4n) is 4.30. The molecule has 1 heterocycles. The molecule has 1 aromatic carbocycles. The lowest BCUT2D eigenvalue weighted by Gasteiger charge is -2.33. The van der Waals surface area contributed by atoms with E-state index in [-0.39, 0.29) is 30.1 Å². The Morgan fingerprint density at radius 2 is 1.83 bits per heavy atom. The van der Waals surface area contributed by atoms with E-state index < -0.39 is 5.79 Å². The van der Waals surface area contributed by atoms with Gasteiger partial charge in [-0.1, -0.05) is 24.6 Å². The molecule has 5 heteroatoms. The second-order valence-corrected chi connectivity index (χ2v) is 7.26. The summed E-state index contributed by atoms with van der Waals surface area (Å²) >= 11 is 0. The maximum atomic E-state index is 12.1. The Labute approximate surface area is 142 Å². The van der Waals surface area contributed by atoms with E-state index in [2.05, 4.69) is 0 Å². The molecule has 0 amide bonds. The van der Waals surface area contributed by atoms with Gasteiger partial charge in [0.05, 0.1) is 18.3 Å². The maximum Gasteiger partial charge on any atom is 0.338 e. The van der Waals surface area contributed by atoms with Gasteiger partial charge in [0.1, 0.15) is 6.10 Å². The summed E-state index contributed by atoms with van der Waals surface area (Å²) < 4.78 is 18.1. The number of carbonyl (C=O) groups is 1. The summed E-state index contributed by atoms with van der Waals surface area (Å²) in [4.78, 5) is 12.1. The van der Waals surface area contributed by atoms with Gasteiger partial charge in [0, 0.05) is 24.8 Å². The van der Waals surface area contributed by atoms with Crippen LogP contribution in [-0.2, 0) is 14.2 Å². The first-order chi connectivity index (χ1) is 11.7. The van der Waals surface area contributed by atoms with Gasteiger partial charge in [0.15, 0.2) is 5.79 Å². The molecule has 1 aliphatic heterocycles. The average Bonchev–Trinajstić information content (AvgIpc) is 3.11. The van der Waals surface area contributed by atoms with Crippen molar-refractivity contribution < 1.29 is 19.0 Å². The van der Waals surface area contributed by atoms with Gasteiger partial charge in [0.2, 0.25) is 0 Å². The summed E-state index contributed by atoms with van der Waals surface area (Å²) in [6.07, 6.45) is 6.07. The third-order valence-electron chi connectivity index (χ3n) is 5.54. The summed E-state index contributed by atoms with van der Waals surface area (Å²) in [6, 6.07) is 9.02. The molecule has 0 radical (unpaired) electrons. The van der Waals surface area contributed by atoms with Crippen LogP contribution in [0.2, 0.25) is 0 Å². The van der Waals surface area contributed by atoms with Crippen molar-refractivity contribution >= 4 is 5.97 Å². The lowest BCUT2D eigenvalue weighted by molar-refractivity contribution is -0.204. The standard InChI is InChI=1S/C19H25NO4/c20-15-11-14(12-22-18(21)13-7-3-1-4-8-13)16-17(15)24-19(23-16)9-5-2-6-10-19/h1,3-4,7-8,14-17H,2,5-6,9-12,20H2/t14-,15-,16-,17+/m1/s1. The fraction of sp³-hybridized carbons (Fsp3) is 0.632. The molecule has 0 bridgehead atoms. The molecule has 0 aromatic heterocycles. The van der Waals surface area contributed by atoms with Crippen LogP contribution in [0.1, 0.15) is 48.9 Å². The SMILES string of the molecule is N[C@@H]1C[C@H](COC(=O)c2ccccc2)[C@H]2OC3(CCCCC3)O[C@H]21. The highest BCUT2D eigenvalue weighted by Gasteiger charge is 2.56. The van der Waals surface area contributed by atoms with Crippen molar-refractivity contribution in [2.45, 2.75) is 62.6 Å². The van der Waals surface area contributed by atoms with E-state index in [9.17, 15) is 4.79 Å². The van der Waals surface area contributed by atoms with E-state index in [1.165, 1.54) is 6.42 Å². The minimum Gasteiger partial charge on any atom is -0.462 e. The summed E-state index contributed by atoms with van der Waals surface area (Å²) in [5.41, 5.74) is 6.85. The molecule has 4 rings (SSSR count). The predicted molar refractivity (Wildman–Crippen MR) is 88.4 cm³/mol. The smallest absolute Gasteiger partial charge is 0.338 e. The van der Waals surface area contributed by atoms with Gasteiger partial charge in [-0.25, -0.2) is 4.79 Å². The molecule has 3 fully saturated rings. The Bertz CT molecular complexity index is 584. The summed E-state index contributed by atoms with van der Waals surface area (Å²) in [5.74, 6) is -0.620. The van der Waals surface area contributed by atoms with Gasteiger partial charge in [-0.15, -0.1) is 0 Å². The van der Waals surface area contributed by atoms with E-state index in [0.29, 0.717) is 12.2 Å². The molecule has 2 N–H and O–H groups in total. The van der Waals surface area contributed by atoms with Gasteiger partial charge >= 0.3 is 5.97 Å². The van der Waals surface area contributed by atoms with Crippen LogP contribution in [0.4, 0.5) is 0 Å². The van der Waals surface area contributed by atoms with E-state index in [0.717, 1.165) is 32.1 Å². The van der Waals surface area contributed by atoms with Gasteiger partial charge in [-0.05, 0) is 31.4 Å². The van der Waals surface area contributed by atoms with Gasteiger partial charge in [0.25, 0.3) is 0 Å². The Balaban J connectivity index is 1.39. The highest BCUT2D eigenvalue weighted by molar-refractivity contribution is 5.89. The van der Waals surface area contributed by atoms with Crippen LogP contribution in [0.15, 0.2) is 30.3 Å². The van der Waals surface area contributed by atoms with Crippen molar-refractivity contribution in [3.05, 3.63) is 35.9 Å². The van der Waals surface area contributed by atoms with E-state index in [4.69, 9.17) is 19.9 Å². The molecule has 2 aliphatic carbocycles. The number of carbonyl (C=O) groups excluding carboxylic acids is 1. The predicted octanol–water partition coefficient (Wildman–Crippen LogP) is 2.64. The molecule has 0 unspecified atom stereocenters. The van der Waals surface area contributed by atoms with Crippen LogP contribution < -0.4 is 5.73 Å². The number of hydrogen-bond acceptors (Lipinski definition) is 5. The molecular weight excluding hydrogens is 306 g/mol. The van der Waals surface area contributed by atoms with Crippen LogP contribution in [0.5, 0.6) is 0 Å².